The van der Waals surface area contributed by atoms with Crippen molar-refractivity contribution in [3.8, 4) is 17.2 Å². The summed E-state index contributed by atoms with van der Waals surface area (Å²) < 4.78 is 11.6. The topological polar surface area (TPSA) is 80.2 Å². The molecule has 0 aliphatic rings. The Hall–Kier alpha value is -3.80. The van der Waals surface area contributed by atoms with Gasteiger partial charge in [0.1, 0.15) is 12.4 Å². The molecule has 154 valence electrons. The second-order valence-corrected chi connectivity index (χ2v) is 6.63. The van der Waals surface area contributed by atoms with Crippen LogP contribution in [0.1, 0.15) is 34.0 Å². The molecule has 0 radical (unpaired) electrons. The van der Waals surface area contributed by atoms with Crippen LogP contribution in [-0.2, 0) is 6.61 Å². The normalized spacial score (nSPS) is 10.7. The maximum atomic E-state index is 12.1. The highest BCUT2D eigenvalue weighted by molar-refractivity contribution is 5.97. The molecule has 0 spiro atoms. The zero-order valence-corrected chi connectivity index (χ0v) is 17.0. The van der Waals surface area contributed by atoms with Crippen molar-refractivity contribution in [1.82, 2.24) is 5.43 Å². The highest BCUT2D eigenvalue weighted by Crippen LogP contribution is 2.29. The molecule has 0 aliphatic heterocycles. The Morgan fingerprint density at radius 1 is 1.03 bits per heavy atom. The van der Waals surface area contributed by atoms with E-state index >= 15 is 0 Å². The Morgan fingerprint density at radius 3 is 2.53 bits per heavy atom. The number of benzene rings is 3. The van der Waals surface area contributed by atoms with Crippen LogP contribution < -0.4 is 14.9 Å². The number of carbonyl (C=O) groups excluding carboxylic acids is 1. The molecule has 3 rings (SSSR count). The number of aromatic hydroxyl groups is 1. The number of rotatable bonds is 8. The number of hydrogen-bond donors (Lipinski definition) is 2. The summed E-state index contributed by atoms with van der Waals surface area (Å²) in [7, 11) is 0. The minimum Gasteiger partial charge on any atom is -0.507 e. The van der Waals surface area contributed by atoms with Gasteiger partial charge in [0.05, 0.1) is 18.4 Å². The molecular weight excluding hydrogens is 380 g/mol. The summed E-state index contributed by atoms with van der Waals surface area (Å²) in [6.45, 7) is 4.87. The Kier molecular flexibility index (Phi) is 7.05. The van der Waals surface area contributed by atoms with Gasteiger partial charge >= 0.3 is 0 Å². The first-order valence-electron chi connectivity index (χ1n) is 9.63. The van der Waals surface area contributed by atoms with Gasteiger partial charge in [0, 0.05) is 0 Å². The molecule has 30 heavy (non-hydrogen) atoms. The highest BCUT2D eigenvalue weighted by Gasteiger charge is 2.09. The number of phenols is 1. The molecular formula is C24H24N2O4. The van der Waals surface area contributed by atoms with Crippen LogP contribution in [0.15, 0.2) is 71.8 Å². The number of nitrogens with one attached hydrogen (secondary N) is 1. The molecule has 0 saturated heterocycles. The third-order valence-electron chi connectivity index (χ3n) is 4.31. The maximum absolute atomic E-state index is 12.1. The summed E-state index contributed by atoms with van der Waals surface area (Å²) in [5.41, 5.74) is 5.57. The van der Waals surface area contributed by atoms with E-state index in [0.29, 0.717) is 24.7 Å². The Bertz CT molecular complexity index is 1030. The number of phenolic OH excluding ortho intramolecular Hbond substituents is 1. The van der Waals surface area contributed by atoms with Crippen molar-refractivity contribution in [3.05, 3.63) is 89.0 Å². The molecule has 3 aromatic rings. The molecule has 0 bridgehead atoms. The summed E-state index contributed by atoms with van der Waals surface area (Å²) in [6, 6.07) is 19.9. The monoisotopic (exact) mass is 404 g/mol. The van der Waals surface area contributed by atoms with Gasteiger partial charge in [-0.15, -0.1) is 0 Å². The summed E-state index contributed by atoms with van der Waals surface area (Å²) in [4.78, 5) is 12.1. The molecule has 0 unspecified atom stereocenters. The maximum Gasteiger partial charge on any atom is 0.275 e. The molecule has 6 heteroatoms. The van der Waals surface area contributed by atoms with E-state index in [9.17, 15) is 9.90 Å². The smallest absolute Gasteiger partial charge is 0.275 e. The lowest BCUT2D eigenvalue weighted by atomic mass is 10.2. The Morgan fingerprint density at radius 2 is 1.80 bits per heavy atom. The largest absolute Gasteiger partial charge is 0.507 e. The van der Waals surface area contributed by atoms with Crippen LogP contribution in [0, 0.1) is 6.92 Å². The Labute approximate surface area is 175 Å². The van der Waals surface area contributed by atoms with E-state index in [2.05, 4.69) is 10.5 Å². The summed E-state index contributed by atoms with van der Waals surface area (Å²) in [6.07, 6.45) is 1.50. The number of para-hydroxylation sites is 1. The van der Waals surface area contributed by atoms with Crippen LogP contribution in [0.2, 0.25) is 0 Å². The van der Waals surface area contributed by atoms with E-state index in [1.807, 2.05) is 50.2 Å². The SMILES string of the molecule is CCOc1cc(/C=N\NC(=O)c2ccccc2O)ccc1OCc1ccc(C)cc1. The van der Waals surface area contributed by atoms with Crippen LogP contribution >= 0.6 is 0 Å². The lowest BCUT2D eigenvalue weighted by molar-refractivity contribution is 0.0952. The first-order chi connectivity index (χ1) is 14.6. The summed E-state index contributed by atoms with van der Waals surface area (Å²) >= 11 is 0. The average molecular weight is 404 g/mol. The molecule has 1 amide bonds. The zero-order chi connectivity index (χ0) is 21.3. The van der Waals surface area contributed by atoms with Gasteiger partial charge < -0.3 is 14.6 Å². The van der Waals surface area contributed by atoms with Gasteiger partial charge in [0.15, 0.2) is 11.5 Å². The molecule has 0 fully saturated rings. The van der Waals surface area contributed by atoms with Gasteiger partial charge in [-0.2, -0.15) is 5.10 Å². The van der Waals surface area contributed by atoms with Crippen molar-refractivity contribution in [2.75, 3.05) is 6.61 Å². The lowest BCUT2D eigenvalue weighted by Crippen LogP contribution is -2.17. The summed E-state index contributed by atoms with van der Waals surface area (Å²) in [5.74, 6) is 0.639. The van der Waals surface area contributed by atoms with Crippen molar-refractivity contribution in [1.29, 1.82) is 0 Å². The third-order valence-corrected chi connectivity index (χ3v) is 4.31. The van der Waals surface area contributed by atoms with Crippen molar-refractivity contribution < 1.29 is 19.4 Å². The zero-order valence-electron chi connectivity index (χ0n) is 17.0. The van der Waals surface area contributed by atoms with E-state index in [1.54, 1.807) is 18.2 Å². The first kappa shape index (κ1) is 20.9. The van der Waals surface area contributed by atoms with Crippen LogP contribution in [0.4, 0.5) is 0 Å². The van der Waals surface area contributed by atoms with Crippen molar-refractivity contribution in [3.63, 3.8) is 0 Å². The number of ether oxygens (including phenoxy) is 2. The molecule has 0 aliphatic carbocycles. The molecule has 0 atom stereocenters. The first-order valence-corrected chi connectivity index (χ1v) is 9.63. The number of hydrazone groups is 1. The third kappa shape index (κ3) is 5.61. The predicted molar refractivity (Wildman–Crippen MR) is 116 cm³/mol. The van der Waals surface area contributed by atoms with Gasteiger partial charge in [-0.05, 0) is 55.3 Å². The number of nitrogens with zero attached hydrogens (tertiary/aromatic N) is 1. The number of amides is 1. The fraction of sp³-hybridized carbons (Fsp3) is 0.167. The van der Waals surface area contributed by atoms with Gasteiger partial charge in [-0.1, -0.05) is 42.0 Å². The minimum absolute atomic E-state index is 0.0982. The minimum atomic E-state index is -0.493. The molecule has 3 aromatic carbocycles. The second kappa shape index (κ2) is 10.1. The highest BCUT2D eigenvalue weighted by atomic mass is 16.5. The van der Waals surface area contributed by atoms with E-state index in [1.165, 1.54) is 23.9 Å². The van der Waals surface area contributed by atoms with Crippen molar-refractivity contribution in [2.24, 2.45) is 5.10 Å². The Balaban J connectivity index is 1.66. The van der Waals surface area contributed by atoms with E-state index in [0.717, 1.165) is 11.1 Å². The van der Waals surface area contributed by atoms with Gasteiger partial charge in [-0.3, -0.25) is 4.79 Å². The van der Waals surface area contributed by atoms with Gasteiger partial charge in [-0.25, -0.2) is 5.43 Å². The van der Waals surface area contributed by atoms with Crippen molar-refractivity contribution in [2.45, 2.75) is 20.5 Å². The molecule has 0 saturated carbocycles. The van der Waals surface area contributed by atoms with Crippen LogP contribution in [0.25, 0.3) is 0 Å². The fourth-order valence-electron chi connectivity index (χ4n) is 2.73. The molecule has 0 heterocycles. The molecule has 2 N–H and O–H groups in total. The number of carbonyl (C=O) groups is 1. The van der Waals surface area contributed by atoms with Crippen LogP contribution in [-0.4, -0.2) is 23.8 Å². The fourth-order valence-corrected chi connectivity index (χ4v) is 2.73. The van der Waals surface area contributed by atoms with Gasteiger partial charge in [0.25, 0.3) is 5.91 Å². The quantitative estimate of drug-likeness (QED) is 0.430. The van der Waals surface area contributed by atoms with E-state index in [-0.39, 0.29) is 11.3 Å². The standard InChI is InChI=1S/C24H24N2O4/c1-3-29-23-14-19(15-25-26-24(28)20-6-4-5-7-21(20)27)12-13-22(23)30-16-18-10-8-17(2)9-11-18/h4-15,27H,3,16H2,1-2H3,(H,26,28)/b25-15-. The lowest BCUT2D eigenvalue weighted by Gasteiger charge is -2.13. The number of aryl methyl sites for hydroxylation is 1. The molecule has 6 nitrogen and oxygen atoms in total. The predicted octanol–water partition coefficient (Wildman–Crippen LogP) is 4.44. The molecule has 0 aromatic heterocycles. The van der Waals surface area contributed by atoms with E-state index in [4.69, 9.17) is 9.47 Å². The van der Waals surface area contributed by atoms with Crippen LogP contribution in [0.3, 0.4) is 0 Å². The second-order valence-electron chi connectivity index (χ2n) is 6.63. The van der Waals surface area contributed by atoms with Gasteiger partial charge in [0.2, 0.25) is 0 Å². The number of hydrogen-bond acceptors (Lipinski definition) is 5. The average Bonchev–Trinajstić information content (AvgIpc) is 2.75. The summed E-state index contributed by atoms with van der Waals surface area (Å²) in [5, 5.41) is 13.7. The van der Waals surface area contributed by atoms with Crippen molar-refractivity contribution >= 4 is 12.1 Å². The van der Waals surface area contributed by atoms with E-state index < -0.39 is 5.91 Å². The van der Waals surface area contributed by atoms with Crippen LogP contribution in [0.5, 0.6) is 17.2 Å².